The van der Waals surface area contributed by atoms with Crippen molar-refractivity contribution in [2.75, 3.05) is 23.7 Å². The molecule has 0 saturated carbocycles. The molecule has 160 valence electrons. The highest BCUT2D eigenvalue weighted by atomic mass is 19.1. The fourth-order valence-electron chi connectivity index (χ4n) is 3.89. The molecule has 4 rings (SSSR count). The number of Topliss-reactive ketones (excluding diaryl/α,β-unsaturated/α-hetero) is 1. The molecule has 1 aliphatic heterocycles. The molecule has 0 radical (unpaired) electrons. The lowest BCUT2D eigenvalue weighted by molar-refractivity contribution is 0.0989. The van der Waals surface area contributed by atoms with Crippen LogP contribution in [0.4, 0.5) is 15.8 Å². The van der Waals surface area contributed by atoms with Crippen molar-refractivity contribution in [1.82, 2.24) is 15.0 Å². The number of halogens is 1. The Hall–Kier alpha value is -3.39. The van der Waals surface area contributed by atoms with E-state index in [2.05, 4.69) is 19.9 Å². The number of anilines is 2. The van der Waals surface area contributed by atoms with E-state index in [0.717, 1.165) is 37.2 Å². The summed E-state index contributed by atoms with van der Waals surface area (Å²) in [5.74, 6) is -0.764. The zero-order chi connectivity index (χ0) is 22.0. The molecule has 0 aliphatic carbocycles. The molecular formula is C23H25FN6O. The van der Waals surface area contributed by atoms with Crippen molar-refractivity contribution >= 4 is 17.2 Å². The summed E-state index contributed by atoms with van der Waals surface area (Å²) in [6.45, 7) is 3.38. The normalized spacial score (nSPS) is 16.4. The molecule has 4 heterocycles. The van der Waals surface area contributed by atoms with Gasteiger partial charge in [-0.05, 0) is 50.1 Å². The van der Waals surface area contributed by atoms with Gasteiger partial charge in [0.25, 0.3) is 0 Å². The number of nitrogens with two attached hydrogens (primary N) is 2. The minimum Gasteiger partial charge on any atom is -0.397 e. The highest BCUT2D eigenvalue weighted by molar-refractivity contribution is 6.01. The van der Waals surface area contributed by atoms with Crippen LogP contribution in [0.15, 0.2) is 42.7 Å². The molecule has 7 nitrogen and oxygen atoms in total. The van der Waals surface area contributed by atoms with Crippen LogP contribution in [0.3, 0.4) is 0 Å². The Morgan fingerprint density at radius 1 is 1.23 bits per heavy atom. The van der Waals surface area contributed by atoms with E-state index in [1.165, 1.54) is 6.07 Å². The number of rotatable bonds is 5. The zero-order valence-corrected chi connectivity index (χ0v) is 17.4. The topological polar surface area (TPSA) is 111 Å². The van der Waals surface area contributed by atoms with Gasteiger partial charge in [-0.1, -0.05) is 0 Å². The number of nitrogens with zero attached hydrogens (tertiary/aromatic N) is 4. The van der Waals surface area contributed by atoms with Gasteiger partial charge in [0, 0.05) is 54.9 Å². The Balaban J connectivity index is 1.63. The molecule has 0 spiro atoms. The van der Waals surface area contributed by atoms with E-state index in [1.54, 1.807) is 37.5 Å². The molecule has 0 amide bonds. The van der Waals surface area contributed by atoms with Crippen LogP contribution in [0.1, 0.15) is 34.6 Å². The summed E-state index contributed by atoms with van der Waals surface area (Å²) in [5.41, 5.74) is 15.3. The number of pyridine rings is 3. The average molecular weight is 420 g/mol. The summed E-state index contributed by atoms with van der Waals surface area (Å²) in [7, 11) is 0. The first kappa shape index (κ1) is 20.9. The lowest BCUT2D eigenvalue weighted by atomic mass is 10.0. The number of hydrogen-bond donors (Lipinski definition) is 2. The SMILES string of the molecule is Cc1ccc(F)c(-c2ccc(N)c(C(=O)Cc3cnccc3N3CCC[C@H](N)C3)n2)n1. The van der Waals surface area contributed by atoms with E-state index < -0.39 is 5.82 Å². The first-order valence-corrected chi connectivity index (χ1v) is 10.3. The van der Waals surface area contributed by atoms with Crippen LogP contribution in [0, 0.1) is 12.7 Å². The van der Waals surface area contributed by atoms with Gasteiger partial charge in [-0.25, -0.2) is 14.4 Å². The van der Waals surface area contributed by atoms with Crippen molar-refractivity contribution in [2.24, 2.45) is 5.73 Å². The lowest BCUT2D eigenvalue weighted by Gasteiger charge is -2.33. The second-order valence-corrected chi connectivity index (χ2v) is 7.87. The average Bonchev–Trinajstić information content (AvgIpc) is 2.76. The van der Waals surface area contributed by atoms with Gasteiger partial charge in [0.05, 0.1) is 11.4 Å². The van der Waals surface area contributed by atoms with E-state index in [0.29, 0.717) is 5.69 Å². The second-order valence-electron chi connectivity index (χ2n) is 7.87. The van der Waals surface area contributed by atoms with Gasteiger partial charge < -0.3 is 16.4 Å². The van der Waals surface area contributed by atoms with Gasteiger partial charge in [-0.2, -0.15) is 0 Å². The maximum Gasteiger partial charge on any atom is 0.187 e. The van der Waals surface area contributed by atoms with Gasteiger partial charge in [0.15, 0.2) is 11.6 Å². The zero-order valence-electron chi connectivity index (χ0n) is 17.4. The number of piperidine rings is 1. The predicted octanol–water partition coefficient (Wildman–Crippen LogP) is 2.92. The van der Waals surface area contributed by atoms with Crippen molar-refractivity contribution in [3.05, 3.63) is 65.5 Å². The molecule has 1 saturated heterocycles. The number of aryl methyl sites for hydroxylation is 1. The molecule has 0 aromatic carbocycles. The minimum atomic E-state index is -0.503. The van der Waals surface area contributed by atoms with Crippen LogP contribution in [0.5, 0.6) is 0 Å². The monoisotopic (exact) mass is 420 g/mol. The largest absolute Gasteiger partial charge is 0.397 e. The van der Waals surface area contributed by atoms with Gasteiger partial charge >= 0.3 is 0 Å². The molecule has 0 bridgehead atoms. The fourth-order valence-corrected chi connectivity index (χ4v) is 3.89. The second kappa shape index (κ2) is 8.77. The van der Waals surface area contributed by atoms with Crippen LogP contribution >= 0.6 is 0 Å². The van der Waals surface area contributed by atoms with Gasteiger partial charge in [-0.3, -0.25) is 9.78 Å². The van der Waals surface area contributed by atoms with Crippen LogP contribution in [0.2, 0.25) is 0 Å². The molecule has 8 heteroatoms. The Labute approximate surface area is 180 Å². The smallest absolute Gasteiger partial charge is 0.187 e. The first-order valence-electron chi connectivity index (χ1n) is 10.3. The standard InChI is InChI=1S/C23H25FN6O/c1-14-4-5-17(24)22(28-14)19-7-6-18(26)23(29-19)21(31)11-15-12-27-9-8-20(15)30-10-2-3-16(25)13-30/h4-9,12,16H,2-3,10-11,13,25-26H2,1H3/t16-/m0/s1. The summed E-state index contributed by atoms with van der Waals surface area (Å²) >= 11 is 0. The fraction of sp³-hybridized carbons (Fsp3) is 0.304. The number of carbonyl (C=O) groups is 1. The quantitative estimate of drug-likeness (QED) is 0.611. The third kappa shape index (κ3) is 4.54. The Morgan fingerprint density at radius 3 is 2.87 bits per heavy atom. The third-order valence-corrected chi connectivity index (χ3v) is 5.45. The van der Waals surface area contributed by atoms with E-state index in [4.69, 9.17) is 11.5 Å². The summed E-state index contributed by atoms with van der Waals surface area (Å²) in [6.07, 6.45) is 5.48. The Morgan fingerprint density at radius 2 is 2.06 bits per heavy atom. The molecular weight excluding hydrogens is 395 g/mol. The molecule has 1 fully saturated rings. The molecule has 1 atom stereocenters. The summed E-state index contributed by atoms with van der Waals surface area (Å²) < 4.78 is 14.3. The number of carbonyl (C=O) groups excluding carboxylic acids is 1. The number of nitrogen functional groups attached to an aromatic ring is 1. The van der Waals surface area contributed by atoms with Crippen molar-refractivity contribution < 1.29 is 9.18 Å². The number of hydrogen-bond acceptors (Lipinski definition) is 7. The van der Waals surface area contributed by atoms with E-state index in [1.807, 2.05) is 6.07 Å². The Bertz CT molecular complexity index is 1120. The van der Waals surface area contributed by atoms with E-state index in [-0.39, 0.29) is 41.0 Å². The van der Waals surface area contributed by atoms with E-state index in [9.17, 15) is 9.18 Å². The molecule has 31 heavy (non-hydrogen) atoms. The van der Waals surface area contributed by atoms with Crippen LogP contribution in [-0.2, 0) is 6.42 Å². The van der Waals surface area contributed by atoms with Crippen molar-refractivity contribution in [3.8, 4) is 11.4 Å². The van der Waals surface area contributed by atoms with Gasteiger partial charge in [0.1, 0.15) is 11.4 Å². The molecule has 3 aromatic heterocycles. The number of aromatic nitrogens is 3. The van der Waals surface area contributed by atoms with Crippen LogP contribution < -0.4 is 16.4 Å². The van der Waals surface area contributed by atoms with Crippen LogP contribution in [-0.4, -0.2) is 39.9 Å². The van der Waals surface area contributed by atoms with Crippen LogP contribution in [0.25, 0.3) is 11.4 Å². The van der Waals surface area contributed by atoms with Crippen molar-refractivity contribution in [3.63, 3.8) is 0 Å². The number of ketones is 1. The molecule has 1 aliphatic rings. The molecule has 3 aromatic rings. The Kier molecular flexibility index (Phi) is 5.90. The molecule has 4 N–H and O–H groups in total. The van der Waals surface area contributed by atoms with E-state index >= 15 is 0 Å². The van der Waals surface area contributed by atoms with Crippen molar-refractivity contribution in [1.29, 1.82) is 0 Å². The summed E-state index contributed by atoms with van der Waals surface area (Å²) in [4.78, 5) is 28.1. The predicted molar refractivity (Wildman–Crippen MR) is 118 cm³/mol. The summed E-state index contributed by atoms with van der Waals surface area (Å²) in [6, 6.07) is 8.06. The van der Waals surface area contributed by atoms with Gasteiger partial charge in [-0.15, -0.1) is 0 Å². The highest BCUT2D eigenvalue weighted by Crippen LogP contribution is 2.26. The minimum absolute atomic E-state index is 0.0826. The highest BCUT2D eigenvalue weighted by Gasteiger charge is 2.22. The maximum absolute atomic E-state index is 14.3. The summed E-state index contributed by atoms with van der Waals surface area (Å²) in [5, 5.41) is 0. The molecule has 0 unspecified atom stereocenters. The first-order chi connectivity index (χ1) is 14.9. The maximum atomic E-state index is 14.3. The third-order valence-electron chi connectivity index (χ3n) is 5.45. The lowest BCUT2D eigenvalue weighted by Crippen LogP contribution is -2.43. The van der Waals surface area contributed by atoms with Gasteiger partial charge in [0.2, 0.25) is 0 Å². The van der Waals surface area contributed by atoms with Crippen molar-refractivity contribution in [2.45, 2.75) is 32.2 Å².